The number of benzene rings is 1. The van der Waals surface area contributed by atoms with Gasteiger partial charge in [-0.3, -0.25) is 14.1 Å². The lowest BCUT2D eigenvalue weighted by Gasteiger charge is -2.46. The van der Waals surface area contributed by atoms with Gasteiger partial charge in [-0.25, -0.2) is 4.39 Å². The third-order valence-corrected chi connectivity index (χ3v) is 8.13. The van der Waals surface area contributed by atoms with E-state index in [-0.39, 0.29) is 16.7 Å². The van der Waals surface area contributed by atoms with Gasteiger partial charge in [0.15, 0.2) is 11.5 Å². The molecule has 0 bridgehead atoms. The fourth-order valence-electron chi connectivity index (χ4n) is 6.18. The first-order valence-electron chi connectivity index (χ1n) is 12.9. The summed E-state index contributed by atoms with van der Waals surface area (Å²) in [7, 11) is 1.84. The summed E-state index contributed by atoms with van der Waals surface area (Å²) in [5.74, 6) is 0.187. The number of fused-ring (bicyclic) bond motifs is 2. The van der Waals surface area contributed by atoms with Crippen molar-refractivity contribution < 1.29 is 4.39 Å². The number of pyridine rings is 2. The van der Waals surface area contributed by atoms with Crippen molar-refractivity contribution in [2.45, 2.75) is 68.1 Å². The van der Waals surface area contributed by atoms with Gasteiger partial charge in [-0.1, -0.05) is 0 Å². The first-order chi connectivity index (χ1) is 18.0. The Bertz CT molecular complexity index is 1640. The average Bonchev–Trinajstić information content (AvgIpc) is 3.43. The number of hydrogen-bond donors (Lipinski definition) is 1. The molecule has 38 heavy (non-hydrogen) atoms. The number of hydrogen-bond acceptors (Lipinski definition) is 6. The van der Waals surface area contributed by atoms with E-state index in [1.54, 1.807) is 15.3 Å². The Labute approximate surface area is 225 Å². The summed E-state index contributed by atoms with van der Waals surface area (Å²) in [5, 5.41) is 18.1. The lowest BCUT2D eigenvalue weighted by atomic mass is 9.74. The van der Waals surface area contributed by atoms with Gasteiger partial charge in [0.1, 0.15) is 0 Å². The number of halogens is 1. The Kier molecular flexibility index (Phi) is 6.03. The molecular weight excluding hydrogens is 497 g/mol. The summed E-state index contributed by atoms with van der Waals surface area (Å²) in [5.41, 5.74) is 4.23. The number of rotatable bonds is 5. The summed E-state index contributed by atoms with van der Waals surface area (Å²) in [6.07, 6.45) is 10.8. The number of nitrogens with one attached hydrogen (secondary N) is 1. The summed E-state index contributed by atoms with van der Waals surface area (Å²) in [6, 6.07) is 9.93. The van der Waals surface area contributed by atoms with Crippen LogP contribution in [-0.4, -0.2) is 40.4 Å². The molecular formula is C29H32FN7S. The molecule has 0 unspecified atom stereocenters. The molecule has 1 aliphatic rings. The molecule has 0 spiro atoms. The first-order valence-corrected chi connectivity index (χ1v) is 13.7. The first kappa shape index (κ1) is 25.0. The van der Waals surface area contributed by atoms with Gasteiger partial charge in [-0.15, -0.1) is 10.2 Å². The SMILES string of the molecule is Cn1cc(-c2cc(F)c3nnc(Sc4ccc5ncc(CC6CC(C)(C)NC(C)(C)C6)cc5c4)n3c2)cn1. The van der Waals surface area contributed by atoms with Crippen molar-refractivity contribution in [3.63, 3.8) is 0 Å². The van der Waals surface area contributed by atoms with Crippen molar-refractivity contribution >= 4 is 28.3 Å². The van der Waals surface area contributed by atoms with E-state index in [1.165, 1.54) is 23.4 Å². The molecule has 5 heterocycles. The zero-order valence-corrected chi connectivity index (χ0v) is 23.2. The lowest BCUT2D eigenvalue weighted by Crippen LogP contribution is -2.58. The molecule has 0 radical (unpaired) electrons. The highest BCUT2D eigenvalue weighted by atomic mass is 32.2. The highest BCUT2D eigenvalue weighted by molar-refractivity contribution is 7.99. The minimum absolute atomic E-state index is 0.123. The second kappa shape index (κ2) is 9.17. The van der Waals surface area contributed by atoms with Crippen LogP contribution in [0.3, 0.4) is 0 Å². The van der Waals surface area contributed by atoms with Crippen molar-refractivity contribution in [3.8, 4) is 11.1 Å². The van der Waals surface area contributed by atoms with Gasteiger partial charge in [0.2, 0.25) is 5.16 Å². The molecule has 0 atom stereocenters. The fourth-order valence-corrected chi connectivity index (χ4v) is 7.03. The number of piperidine rings is 1. The molecule has 1 aromatic carbocycles. The van der Waals surface area contributed by atoms with Gasteiger partial charge in [0.05, 0.1) is 11.7 Å². The van der Waals surface area contributed by atoms with Crippen LogP contribution in [0.15, 0.2) is 65.2 Å². The minimum Gasteiger partial charge on any atom is -0.307 e. The molecule has 1 aliphatic heterocycles. The maximum Gasteiger partial charge on any atom is 0.200 e. The van der Waals surface area contributed by atoms with Gasteiger partial charge in [0.25, 0.3) is 0 Å². The largest absolute Gasteiger partial charge is 0.307 e. The zero-order chi connectivity index (χ0) is 26.7. The molecule has 1 fully saturated rings. The van der Waals surface area contributed by atoms with Crippen LogP contribution in [0.1, 0.15) is 46.1 Å². The molecule has 0 amide bonds. The topological polar surface area (TPSA) is 72.9 Å². The molecule has 1 N–H and O–H groups in total. The van der Waals surface area contributed by atoms with E-state index in [0.29, 0.717) is 11.1 Å². The monoisotopic (exact) mass is 529 g/mol. The third kappa shape index (κ3) is 5.05. The van der Waals surface area contributed by atoms with E-state index in [4.69, 9.17) is 4.98 Å². The Morgan fingerprint density at radius 2 is 1.79 bits per heavy atom. The summed E-state index contributed by atoms with van der Waals surface area (Å²) < 4.78 is 18.3. The van der Waals surface area contributed by atoms with Gasteiger partial charge in [-0.2, -0.15) is 5.10 Å². The van der Waals surface area contributed by atoms with Crippen molar-refractivity contribution in [1.82, 2.24) is 34.7 Å². The fraction of sp³-hybridized carbons (Fsp3) is 0.379. The van der Waals surface area contributed by atoms with Gasteiger partial charge < -0.3 is 5.32 Å². The average molecular weight is 530 g/mol. The van der Waals surface area contributed by atoms with Crippen LogP contribution in [0.4, 0.5) is 4.39 Å². The van der Waals surface area contributed by atoms with Gasteiger partial charge >= 0.3 is 0 Å². The zero-order valence-electron chi connectivity index (χ0n) is 22.4. The maximum atomic E-state index is 14.9. The minimum atomic E-state index is -0.415. The summed E-state index contributed by atoms with van der Waals surface area (Å²) >= 11 is 1.46. The summed E-state index contributed by atoms with van der Waals surface area (Å²) in [6.45, 7) is 9.18. The lowest BCUT2D eigenvalue weighted by molar-refractivity contribution is 0.128. The van der Waals surface area contributed by atoms with Crippen LogP contribution in [0.2, 0.25) is 0 Å². The van der Waals surface area contributed by atoms with E-state index in [2.05, 4.69) is 60.4 Å². The Morgan fingerprint density at radius 1 is 1.00 bits per heavy atom. The molecule has 5 aromatic rings. The molecule has 0 aliphatic carbocycles. The van der Waals surface area contributed by atoms with E-state index >= 15 is 0 Å². The van der Waals surface area contributed by atoms with Crippen molar-refractivity contribution in [2.75, 3.05) is 0 Å². The highest BCUT2D eigenvalue weighted by Gasteiger charge is 2.37. The van der Waals surface area contributed by atoms with E-state index in [1.807, 2.05) is 37.8 Å². The van der Waals surface area contributed by atoms with Gasteiger partial charge in [0, 0.05) is 58.1 Å². The molecule has 1 saturated heterocycles. The van der Waals surface area contributed by atoms with Crippen LogP contribution in [0, 0.1) is 11.7 Å². The second-order valence-electron chi connectivity index (χ2n) is 11.8. The quantitative estimate of drug-likeness (QED) is 0.298. The number of aromatic nitrogens is 6. The Hall–Kier alpha value is -3.30. The van der Waals surface area contributed by atoms with E-state index < -0.39 is 5.82 Å². The highest BCUT2D eigenvalue weighted by Crippen LogP contribution is 2.36. The van der Waals surface area contributed by atoms with Crippen molar-refractivity contribution in [1.29, 1.82) is 0 Å². The molecule has 196 valence electrons. The predicted molar refractivity (Wildman–Crippen MR) is 149 cm³/mol. The van der Waals surface area contributed by atoms with Crippen LogP contribution >= 0.6 is 11.8 Å². The van der Waals surface area contributed by atoms with E-state index in [9.17, 15) is 4.39 Å². The van der Waals surface area contributed by atoms with Gasteiger partial charge in [-0.05, 0) is 101 Å². The molecule has 0 saturated carbocycles. The smallest absolute Gasteiger partial charge is 0.200 e. The van der Waals surface area contributed by atoms with Crippen molar-refractivity contribution in [3.05, 3.63) is 66.5 Å². The molecule has 6 rings (SSSR count). The third-order valence-electron chi connectivity index (χ3n) is 7.18. The predicted octanol–water partition coefficient (Wildman–Crippen LogP) is 6.07. The Morgan fingerprint density at radius 3 is 2.53 bits per heavy atom. The van der Waals surface area contributed by atoms with Crippen LogP contribution in [0.25, 0.3) is 27.7 Å². The van der Waals surface area contributed by atoms with E-state index in [0.717, 1.165) is 46.2 Å². The number of nitrogens with zero attached hydrogens (tertiary/aromatic N) is 6. The Balaban J connectivity index is 1.28. The standard InChI is InChI=1S/C29H32FN7S/c1-28(2)12-19(13-29(3,4)35-28)8-18-9-20-10-23(6-7-25(20)31-14-18)38-27-34-33-26-24(30)11-21(17-37(26)27)22-15-32-36(5)16-22/h6-7,9-11,14-17,19,35H,8,12-13H2,1-5H3. The normalized spacial score (nSPS) is 17.4. The number of aryl methyl sites for hydroxylation is 1. The molecule has 7 nitrogen and oxygen atoms in total. The van der Waals surface area contributed by atoms with Crippen LogP contribution in [-0.2, 0) is 13.5 Å². The van der Waals surface area contributed by atoms with Crippen LogP contribution < -0.4 is 5.32 Å². The second-order valence-corrected chi connectivity index (χ2v) is 12.9. The molecule has 9 heteroatoms. The van der Waals surface area contributed by atoms with Crippen molar-refractivity contribution in [2.24, 2.45) is 13.0 Å². The maximum absolute atomic E-state index is 14.9. The molecule has 4 aromatic heterocycles. The van der Waals surface area contributed by atoms with Crippen LogP contribution in [0.5, 0.6) is 0 Å². The summed E-state index contributed by atoms with van der Waals surface area (Å²) in [4.78, 5) is 5.75.